The molecule has 0 bridgehead atoms. The number of halogens is 1. The number of ether oxygens (including phenoxy) is 2. The molecule has 0 saturated heterocycles. The van der Waals surface area contributed by atoms with E-state index in [2.05, 4.69) is 41.6 Å². The fraction of sp³-hybridized carbons (Fsp3) is 0.545. The molecule has 0 amide bonds. The van der Waals surface area contributed by atoms with Crippen molar-refractivity contribution in [2.75, 3.05) is 32.8 Å². The number of aromatic nitrogens is 1. The lowest BCUT2D eigenvalue weighted by molar-refractivity contribution is 0.287. The van der Waals surface area contributed by atoms with Crippen LogP contribution in [0, 0.1) is 13.8 Å². The Morgan fingerprint density at radius 3 is 2.40 bits per heavy atom. The van der Waals surface area contributed by atoms with Gasteiger partial charge in [-0.2, -0.15) is 0 Å². The van der Waals surface area contributed by atoms with E-state index >= 15 is 0 Å². The van der Waals surface area contributed by atoms with E-state index in [0.29, 0.717) is 13.2 Å². The molecule has 2 rings (SSSR count). The van der Waals surface area contributed by atoms with Gasteiger partial charge in [-0.05, 0) is 58.7 Å². The number of benzene rings is 1. The standard InChI is InChI=1S/C22H34N4O2S.HI/c1-6-23-22(25-14-12-21-16(4)26-17(5)29-21)24-13-11-18-9-10-19(27-7-2)20(15-18)28-8-3;/h9-10,15H,6-8,11-14H2,1-5H3,(H2,23,24,25);1H. The van der Waals surface area contributed by atoms with E-state index in [0.717, 1.165) is 60.6 Å². The predicted octanol–water partition coefficient (Wildman–Crippen LogP) is 4.52. The van der Waals surface area contributed by atoms with Crippen molar-refractivity contribution in [2.45, 2.75) is 47.5 Å². The van der Waals surface area contributed by atoms with Gasteiger partial charge in [0.25, 0.3) is 0 Å². The summed E-state index contributed by atoms with van der Waals surface area (Å²) in [6.07, 6.45) is 1.80. The van der Waals surface area contributed by atoms with Crippen LogP contribution in [0.3, 0.4) is 0 Å². The maximum absolute atomic E-state index is 5.72. The van der Waals surface area contributed by atoms with Gasteiger partial charge in [-0.1, -0.05) is 6.07 Å². The number of hydrogen-bond acceptors (Lipinski definition) is 5. The maximum atomic E-state index is 5.72. The van der Waals surface area contributed by atoms with Crippen molar-refractivity contribution >= 4 is 41.3 Å². The molecule has 8 heteroatoms. The minimum atomic E-state index is 0. The van der Waals surface area contributed by atoms with E-state index < -0.39 is 0 Å². The van der Waals surface area contributed by atoms with Crippen molar-refractivity contribution in [3.05, 3.63) is 39.3 Å². The molecule has 0 aliphatic heterocycles. The molecule has 6 nitrogen and oxygen atoms in total. The average molecular weight is 547 g/mol. The van der Waals surface area contributed by atoms with Crippen molar-refractivity contribution < 1.29 is 9.47 Å². The van der Waals surface area contributed by atoms with Crippen LogP contribution in [0.25, 0.3) is 0 Å². The highest BCUT2D eigenvalue weighted by Crippen LogP contribution is 2.28. The zero-order chi connectivity index (χ0) is 21.1. The van der Waals surface area contributed by atoms with Crippen LogP contribution in [0.1, 0.15) is 41.9 Å². The Kier molecular flexibility index (Phi) is 12.8. The van der Waals surface area contributed by atoms with Crippen LogP contribution in [-0.2, 0) is 12.8 Å². The van der Waals surface area contributed by atoms with Gasteiger partial charge in [-0.25, -0.2) is 4.98 Å². The van der Waals surface area contributed by atoms with Gasteiger partial charge in [0.1, 0.15) is 0 Å². The second-order valence-electron chi connectivity index (χ2n) is 6.58. The summed E-state index contributed by atoms with van der Waals surface area (Å²) in [7, 11) is 0. The smallest absolute Gasteiger partial charge is 0.191 e. The van der Waals surface area contributed by atoms with Crippen molar-refractivity contribution in [3.8, 4) is 11.5 Å². The van der Waals surface area contributed by atoms with E-state index in [1.165, 1.54) is 10.4 Å². The molecule has 2 N–H and O–H groups in total. The molecule has 0 saturated carbocycles. The molecule has 0 fully saturated rings. The van der Waals surface area contributed by atoms with Crippen LogP contribution in [0.5, 0.6) is 11.5 Å². The molecule has 0 atom stereocenters. The lowest BCUT2D eigenvalue weighted by Gasteiger charge is -2.14. The largest absolute Gasteiger partial charge is 0.490 e. The first-order valence-corrected chi connectivity index (χ1v) is 11.2. The molecule has 30 heavy (non-hydrogen) atoms. The first-order valence-electron chi connectivity index (χ1n) is 10.4. The quantitative estimate of drug-likeness (QED) is 0.247. The highest BCUT2D eigenvalue weighted by Gasteiger charge is 2.07. The summed E-state index contributed by atoms with van der Waals surface area (Å²) in [4.78, 5) is 10.5. The Bertz CT molecular complexity index is 795. The third kappa shape index (κ3) is 8.67. The highest BCUT2D eigenvalue weighted by molar-refractivity contribution is 14.0. The molecule has 0 aliphatic carbocycles. The van der Waals surface area contributed by atoms with E-state index in [4.69, 9.17) is 14.5 Å². The highest BCUT2D eigenvalue weighted by atomic mass is 127. The van der Waals surface area contributed by atoms with E-state index in [1.807, 2.05) is 26.8 Å². The Balaban J connectivity index is 0.00000450. The minimum absolute atomic E-state index is 0. The van der Waals surface area contributed by atoms with Crippen LogP contribution in [0.2, 0.25) is 0 Å². The molecular formula is C22H35IN4O2S. The summed E-state index contributed by atoms with van der Waals surface area (Å²) in [5.74, 6) is 2.46. The third-order valence-corrected chi connectivity index (χ3v) is 5.40. The van der Waals surface area contributed by atoms with Crippen molar-refractivity contribution in [1.29, 1.82) is 0 Å². The zero-order valence-electron chi connectivity index (χ0n) is 18.7. The normalized spacial score (nSPS) is 11.0. The Hall–Kier alpha value is -1.55. The maximum Gasteiger partial charge on any atom is 0.191 e. The lowest BCUT2D eigenvalue weighted by atomic mass is 10.1. The number of hydrogen-bond donors (Lipinski definition) is 2. The summed E-state index contributed by atoms with van der Waals surface area (Å²) in [5.41, 5.74) is 2.33. The molecule has 0 aliphatic rings. The first kappa shape index (κ1) is 26.5. The van der Waals surface area contributed by atoms with Gasteiger partial charge >= 0.3 is 0 Å². The molecule has 0 spiro atoms. The number of rotatable bonds is 11. The van der Waals surface area contributed by atoms with Gasteiger partial charge in [0, 0.05) is 30.9 Å². The van der Waals surface area contributed by atoms with Gasteiger partial charge in [-0.15, -0.1) is 35.3 Å². The molecule has 1 aromatic carbocycles. The summed E-state index contributed by atoms with van der Waals surface area (Å²) in [5, 5.41) is 7.85. The molecule has 1 aromatic heterocycles. The summed E-state index contributed by atoms with van der Waals surface area (Å²) in [6, 6.07) is 6.14. The van der Waals surface area contributed by atoms with E-state index in [1.54, 1.807) is 11.3 Å². The Labute approximate surface area is 201 Å². The summed E-state index contributed by atoms with van der Waals surface area (Å²) >= 11 is 1.76. The molecule has 1 heterocycles. The fourth-order valence-corrected chi connectivity index (χ4v) is 3.92. The number of nitrogens with one attached hydrogen (secondary N) is 2. The van der Waals surface area contributed by atoms with Gasteiger partial charge in [0.15, 0.2) is 17.5 Å². The van der Waals surface area contributed by atoms with Crippen molar-refractivity contribution in [3.63, 3.8) is 0 Å². The van der Waals surface area contributed by atoms with Gasteiger partial charge in [-0.3, -0.25) is 4.99 Å². The van der Waals surface area contributed by atoms with Crippen LogP contribution >= 0.6 is 35.3 Å². The molecule has 0 radical (unpaired) electrons. The van der Waals surface area contributed by atoms with Crippen LogP contribution in [0.4, 0.5) is 0 Å². The Morgan fingerprint density at radius 1 is 1.03 bits per heavy atom. The topological polar surface area (TPSA) is 67.8 Å². The van der Waals surface area contributed by atoms with Gasteiger partial charge < -0.3 is 20.1 Å². The van der Waals surface area contributed by atoms with Gasteiger partial charge in [0.05, 0.1) is 23.9 Å². The molecule has 0 unspecified atom stereocenters. The first-order chi connectivity index (χ1) is 14.1. The average Bonchev–Trinajstić information content (AvgIpc) is 3.01. The third-order valence-electron chi connectivity index (χ3n) is 4.27. The second kappa shape index (κ2) is 14.5. The molecule has 2 aromatic rings. The summed E-state index contributed by atoms with van der Waals surface area (Å²) in [6.45, 7) is 13.8. The lowest BCUT2D eigenvalue weighted by Crippen LogP contribution is -2.38. The van der Waals surface area contributed by atoms with E-state index in [-0.39, 0.29) is 24.0 Å². The number of aryl methyl sites for hydroxylation is 2. The zero-order valence-corrected chi connectivity index (χ0v) is 21.9. The minimum Gasteiger partial charge on any atom is -0.490 e. The summed E-state index contributed by atoms with van der Waals surface area (Å²) < 4.78 is 11.4. The predicted molar refractivity (Wildman–Crippen MR) is 137 cm³/mol. The molecular weight excluding hydrogens is 511 g/mol. The SMILES string of the molecule is CCNC(=NCCc1sc(C)nc1C)NCCc1ccc(OCC)c(OCC)c1.I. The van der Waals surface area contributed by atoms with E-state index in [9.17, 15) is 0 Å². The van der Waals surface area contributed by atoms with Crippen LogP contribution < -0.4 is 20.1 Å². The van der Waals surface area contributed by atoms with Crippen LogP contribution in [-0.4, -0.2) is 43.8 Å². The fourth-order valence-electron chi connectivity index (χ4n) is 2.99. The monoisotopic (exact) mass is 546 g/mol. The van der Waals surface area contributed by atoms with Crippen molar-refractivity contribution in [2.24, 2.45) is 4.99 Å². The number of aliphatic imine (C=N–C) groups is 1. The number of guanidine groups is 1. The Morgan fingerprint density at radius 2 is 1.77 bits per heavy atom. The second-order valence-corrected chi connectivity index (χ2v) is 7.86. The number of nitrogens with zero attached hydrogens (tertiary/aromatic N) is 2. The number of thiazole rings is 1. The molecule has 168 valence electrons. The van der Waals surface area contributed by atoms with Gasteiger partial charge in [0.2, 0.25) is 0 Å². The van der Waals surface area contributed by atoms with Crippen LogP contribution in [0.15, 0.2) is 23.2 Å². The van der Waals surface area contributed by atoms with Crippen molar-refractivity contribution in [1.82, 2.24) is 15.6 Å².